The second kappa shape index (κ2) is 5.21. The molecule has 0 bridgehead atoms. The van der Waals surface area contributed by atoms with Crippen molar-refractivity contribution in [3.8, 4) is 6.07 Å². The number of nitrogens with two attached hydrogens (primary N) is 1. The monoisotopic (exact) mass is 278 g/mol. The minimum Gasteiger partial charge on any atom is -0.397 e. The maximum Gasteiger partial charge on any atom is 0.141 e. The molecule has 0 spiro atoms. The Morgan fingerprint density at radius 3 is 2.72 bits per heavy atom. The highest BCUT2D eigenvalue weighted by Crippen LogP contribution is 2.27. The summed E-state index contributed by atoms with van der Waals surface area (Å²) < 4.78 is 13.1. The van der Waals surface area contributed by atoms with Gasteiger partial charge in [0, 0.05) is 10.4 Å². The molecule has 0 atom stereocenters. The molecule has 1 heterocycles. The van der Waals surface area contributed by atoms with Crippen molar-refractivity contribution >= 4 is 34.2 Å². The van der Waals surface area contributed by atoms with Crippen molar-refractivity contribution in [2.75, 3.05) is 0 Å². The topological polar surface area (TPSA) is 49.8 Å². The van der Waals surface area contributed by atoms with Gasteiger partial charge in [0.15, 0.2) is 0 Å². The number of hydrogen-bond donors (Lipinski definition) is 1. The molecular formula is C13H8ClFN2S. The smallest absolute Gasteiger partial charge is 0.141 e. The van der Waals surface area contributed by atoms with Gasteiger partial charge >= 0.3 is 0 Å². The molecule has 1 aromatic heterocycles. The van der Waals surface area contributed by atoms with Crippen LogP contribution in [-0.4, -0.2) is 0 Å². The molecule has 90 valence electrons. The van der Waals surface area contributed by atoms with E-state index in [1.807, 2.05) is 11.4 Å². The van der Waals surface area contributed by atoms with Crippen LogP contribution in [0.25, 0.3) is 11.3 Å². The van der Waals surface area contributed by atoms with Gasteiger partial charge in [-0.25, -0.2) is 4.39 Å². The lowest BCUT2D eigenvalue weighted by molar-refractivity contribution is 0.628. The summed E-state index contributed by atoms with van der Waals surface area (Å²) in [6.45, 7) is 0. The summed E-state index contributed by atoms with van der Waals surface area (Å²) in [7, 11) is 0. The van der Waals surface area contributed by atoms with Gasteiger partial charge in [0.05, 0.1) is 16.3 Å². The average Bonchev–Trinajstić information content (AvgIpc) is 2.87. The van der Waals surface area contributed by atoms with E-state index in [4.69, 9.17) is 22.6 Å². The van der Waals surface area contributed by atoms with Gasteiger partial charge in [-0.3, -0.25) is 0 Å². The number of benzene rings is 1. The zero-order chi connectivity index (χ0) is 13.1. The molecule has 0 radical (unpaired) electrons. The molecule has 2 rings (SSSR count). The largest absolute Gasteiger partial charge is 0.397 e. The second-order valence-electron chi connectivity index (χ2n) is 3.51. The zero-order valence-corrected chi connectivity index (χ0v) is 10.7. The summed E-state index contributed by atoms with van der Waals surface area (Å²) in [4.78, 5) is 0.774. The second-order valence-corrected chi connectivity index (χ2v) is 4.86. The van der Waals surface area contributed by atoms with Crippen molar-refractivity contribution in [1.82, 2.24) is 0 Å². The van der Waals surface area contributed by atoms with Gasteiger partial charge in [0.2, 0.25) is 0 Å². The predicted octanol–water partition coefficient (Wildman–Crippen LogP) is 3.89. The SMILES string of the molecule is N#C/C(=C(/N)c1ccc(F)c(Cl)c1)c1cccs1. The van der Waals surface area contributed by atoms with Crippen LogP contribution in [-0.2, 0) is 0 Å². The Balaban J connectivity index is 2.54. The van der Waals surface area contributed by atoms with Gasteiger partial charge in [-0.05, 0) is 29.6 Å². The molecule has 1 aromatic carbocycles. The highest BCUT2D eigenvalue weighted by Gasteiger charge is 2.10. The minimum absolute atomic E-state index is 0.0149. The Morgan fingerprint density at radius 1 is 1.39 bits per heavy atom. The van der Waals surface area contributed by atoms with E-state index in [0.717, 1.165) is 4.88 Å². The maximum absolute atomic E-state index is 13.1. The lowest BCUT2D eigenvalue weighted by Gasteiger charge is -2.05. The molecule has 2 N–H and O–H groups in total. The van der Waals surface area contributed by atoms with Crippen LogP contribution in [0.15, 0.2) is 35.7 Å². The Labute approximate surface area is 113 Å². The molecule has 0 saturated carbocycles. The van der Waals surface area contributed by atoms with Gasteiger partial charge in [0.25, 0.3) is 0 Å². The van der Waals surface area contributed by atoms with Crippen molar-refractivity contribution in [1.29, 1.82) is 5.26 Å². The normalized spacial score (nSPS) is 11.8. The summed E-state index contributed by atoms with van der Waals surface area (Å²) in [5, 5.41) is 11.0. The van der Waals surface area contributed by atoms with E-state index in [1.54, 1.807) is 6.07 Å². The van der Waals surface area contributed by atoms with Gasteiger partial charge in [-0.15, -0.1) is 11.3 Å². The molecule has 18 heavy (non-hydrogen) atoms. The first-order chi connectivity index (χ1) is 8.63. The summed E-state index contributed by atoms with van der Waals surface area (Å²) in [5.41, 5.74) is 7.14. The van der Waals surface area contributed by atoms with Crippen LogP contribution >= 0.6 is 22.9 Å². The predicted molar refractivity (Wildman–Crippen MR) is 72.3 cm³/mol. The van der Waals surface area contributed by atoms with Crippen molar-refractivity contribution in [3.05, 3.63) is 57.0 Å². The number of halogens is 2. The number of hydrogen-bond acceptors (Lipinski definition) is 3. The van der Waals surface area contributed by atoms with E-state index in [1.165, 1.54) is 29.5 Å². The standard InChI is InChI=1S/C13H8ClFN2S/c14-10-6-8(3-4-11(10)15)13(17)9(7-16)12-2-1-5-18-12/h1-6H,17H2/b13-9-. The van der Waals surface area contributed by atoms with Gasteiger partial charge in [-0.1, -0.05) is 17.7 Å². The Kier molecular flexibility index (Phi) is 3.66. The van der Waals surface area contributed by atoms with E-state index < -0.39 is 5.82 Å². The van der Waals surface area contributed by atoms with Crippen molar-refractivity contribution in [3.63, 3.8) is 0 Å². The molecule has 2 aromatic rings. The first-order valence-electron chi connectivity index (χ1n) is 5.02. The molecule has 0 aliphatic heterocycles. The zero-order valence-electron chi connectivity index (χ0n) is 9.15. The molecule has 0 amide bonds. The Hall–Kier alpha value is -1.83. The third kappa shape index (κ3) is 2.37. The van der Waals surface area contributed by atoms with Crippen LogP contribution in [0, 0.1) is 17.1 Å². The van der Waals surface area contributed by atoms with Crippen LogP contribution in [0.3, 0.4) is 0 Å². The molecule has 0 aliphatic rings. The fourth-order valence-electron chi connectivity index (χ4n) is 1.48. The minimum atomic E-state index is -0.511. The molecule has 5 heteroatoms. The number of rotatable bonds is 2. The molecule has 2 nitrogen and oxygen atoms in total. The average molecular weight is 279 g/mol. The summed E-state index contributed by atoms with van der Waals surface area (Å²) in [6, 6.07) is 9.85. The first kappa shape index (κ1) is 12.6. The Bertz CT molecular complexity index is 642. The summed E-state index contributed by atoms with van der Waals surface area (Å²) in [5.74, 6) is -0.511. The van der Waals surface area contributed by atoms with Gasteiger partial charge in [0.1, 0.15) is 11.9 Å². The quantitative estimate of drug-likeness (QED) is 0.847. The van der Waals surface area contributed by atoms with Crippen LogP contribution in [0.1, 0.15) is 10.4 Å². The fraction of sp³-hybridized carbons (Fsp3) is 0. The molecule has 0 saturated heterocycles. The third-order valence-electron chi connectivity index (χ3n) is 2.38. The highest BCUT2D eigenvalue weighted by atomic mass is 35.5. The van der Waals surface area contributed by atoms with Crippen LogP contribution in [0.4, 0.5) is 4.39 Å². The number of nitriles is 1. The third-order valence-corrected chi connectivity index (χ3v) is 3.56. The highest BCUT2D eigenvalue weighted by molar-refractivity contribution is 7.11. The Morgan fingerprint density at radius 2 is 2.17 bits per heavy atom. The van der Waals surface area contributed by atoms with Crippen LogP contribution < -0.4 is 5.73 Å². The molecular weight excluding hydrogens is 271 g/mol. The lowest BCUT2D eigenvalue weighted by Crippen LogP contribution is -2.00. The summed E-state index contributed by atoms with van der Waals surface area (Å²) in [6.07, 6.45) is 0. The van der Waals surface area contributed by atoms with E-state index in [2.05, 4.69) is 6.07 Å². The van der Waals surface area contributed by atoms with Crippen LogP contribution in [0.2, 0.25) is 5.02 Å². The van der Waals surface area contributed by atoms with Crippen molar-refractivity contribution in [2.45, 2.75) is 0 Å². The molecule has 0 aliphatic carbocycles. The van der Waals surface area contributed by atoms with Gasteiger partial charge < -0.3 is 5.73 Å². The fourth-order valence-corrected chi connectivity index (χ4v) is 2.39. The lowest BCUT2D eigenvalue weighted by atomic mass is 10.1. The number of nitrogens with zero attached hydrogens (tertiary/aromatic N) is 1. The number of thiophene rings is 1. The van der Waals surface area contributed by atoms with E-state index >= 15 is 0 Å². The van der Waals surface area contributed by atoms with E-state index in [-0.39, 0.29) is 5.02 Å². The van der Waals surface area contributed by atoms with E-state index in [0.29, 0.717) is 16.8 Å². The summed E-state index contributed by atoms with van der Waals surface area (Å²) >= 11 is 7.12. The van der Waals surface area contributed by atoms with Crippen molar-refractivity contribution < 1.29 is 4.39 Å². The van der Waals surface area contributed by atoms with E-state index in [9.17, 15) is 4.39 Å². The molecule has 0 unspecified atom stereocenters. The number of allylic oxidation sites excluding steroid dienone is 1. The first-order valence-corrected chi connectivity index (χ1v) is 6.28. The molecule has 0 fully saturated rings. The van der Waals surface area contributed by atoms with Gasteiger partial charge in [-0.2, -0.15) is 5.26 Å². The maximum atomic E-state index is 13.1. The van der Waals surface area contributed by atoms with Crippen LogP contribution in [0.5, 0.6) is 0 Å². The van der Waals surface area contributed by atoms with Crippen molar-refractivity contribution in [2.24, 2.45) is 5.73 Å².